The Hall–Kier alpha value is -2.53. The number of para-hydroxylation sites is 2. The van der Waals surface area contributed by atoms with Crippen LogP contribution in [0.25, 0.3) is 0 Å². The molecule has 1 atom stereocenters. The summed E-state index contributed by atoms with van der Waals surface area (Å²) in [6.45, 7) is 2.19. The van der Waals surface area contributed by atoms with Crippen molar-refractivity contribution in [3.05, 3.63) is 59.7 Å². The van der Waals surface area contributed by atoms with Crippen LogP contribution in [0.15, 0.2) is 48.5 Å². The minimum absolute atomic E-state index is 0.0351. The molecular weight excluding hydrogens is 316 g/mol. The van der Waals surface area contributed by atoms with Crippen molar-refractivity contribution in [2.45, 2.75) is 12.5 Å². The Balaban J connectivity index is 1.84. The van der Waals surface area contributed by atoms with Crippen LogP contribution in [0.1, 0.15) is 17.2 Å². The average molecular weight is 340 g/mol. The van der Waals surface area contributed by atoms with Crippen molar-refractivity contribution in [2.75, 3.05) is 33.9 Å². The quantitative estimate of drug-likeness (QED) is 0.908. The maximum atomic E-state index is 13.0. The number of hydrogen-bond acceptors (Lipinski definition) is 4. The number of nitrogens with zero attached hydrogens (tertiary/aromatic N) is 1. The van der Waals surface area contributed by atoms with Crippen LogP contribution in [-0.2, 0) is 11.2 Å². The summed E-state index contributed by atoms with van der Waals surface area (Å²) in [5, 5.41) is 3.38. The monoisotopic (exact) mass is 340 g/mol. The lowest BCUT2D eigenvalue weighted by Gasteiger charge is -2.37. The van der Waals surface area contributed by atoms with E-state index in [1.54, 1.807) is 14.2 Å². The van der Waals surface area contributed by atoms with Gasteiger partial charge < -0.3 is 19.7 Å². The van der Waals surface area contributed by atoms with Crippen molar-refractivity contribution in [1.29, 1.82) is 0 Å². The van der Waals surface area contributed by atoms with E-state index in [1.165, 1.54) is 0 Å². The Morgan fingerprint density at radius 3 is 2.52 bits per heavy atom. The third-order valence-corrected chi connectivity index (χ3v) is 4.60. The van der Waals surface area contributed by atoms with Crippen LogP contribution in [-0.4, -0.2) is 44.7 Å². The number of carbonyl (C=O) groups is 1. The molecule has 5 heteroatoms. The number of benzene rings is 2. The molecule has 1 saturated heterocycles. The predicted molar refractivity (Wildman–Crippen MR) is 97.0 cm³/mol. The van der Waals surface area contributed by atoms with E-state index in [4.69, 9.17) is 9.47 Å². The molecule has 0 spiro atoms. The number of nitrogens with one attached hydrogen (secondary N) is 1. The summed E-state index contributed by atoms with van der Waals surface area (Å²) in [5.41, 5.74) is 1.94. The molecule has 1 unspecified atom stereocenters. The van der Waals surface area contributed by atoms with Gasteiger partial charge in [-0.15, -0.1) is 0 Å². The van der Waals surface area contributed by atoms with E-state index in [9.17, 15) is 4.79 Å². The third-order valence-electron chi connectivity index (χ3n) is 4.60. The average Bonchev–Trinajstić information content (AvgIpc) is 2.68. The van der Waals surface area contributed by atoms with E-state index >= 15 is 0 Å². The molecule has 0 saturated carbocycles. The lowest BCUT2D eigenvalue weighted by atomic mass is 10.0. The standard InChI is InChI=1S/C20H24N2O3/c1-24-18-9-5-3-7-15(18)13-20(23)22-12-11-21-14-17(22)16-8-4-6-10-19(16)25-2/h3-10,17,21H,11-14H2,1-2H3. The number of carbonyl (C=O) groups excluding carboxylic acids is 1. The van der Waals surface area contributed by atoms with Crippen molar-refractivity contribution >= 4 is 5.91 Å². The summed E-state index contributed by atoms with van der Waals surface area (Å²) in [5.74, 6) is 1.66. The summed E-state index contributed by atoms with van der Waals surface area (Å²) in [7, 11) is 3.29. The molecule has 0 aromatic heterocycles. The first-order valence-corrected chi connectivity index (χ1v) is 8.49. The summed E-state index contributed by atoms with van der Waals surface area (Å²) < 4.78 is 10.9. The predicted octanol–water partition coefficient (Wildman–Crippen LogP) is 2.42. The normalized spacial score (nSPS) is 17.2. The van der Waals surface area contributed by atoms with Gasteiger partial charge in [-0.1, -0.05) is 36.4 Å². The molecule has 3 rings (SSSR count). The van der Waals surface area contributed by atoms with Gasteiger partial charge in [-0.2, -0.15) is 0 Å². The van der Waals surface area contributed by atoms with Crippen molar-refractivity contribution < 1.29 is 14.3 Å². The van der Waals surface area contributed by atoms with Crippen LogP contribution < -0.4 is 14.8 Å². The van der Waals surface area contributed by atoms with Gasteiger partial charge in [0.15, 0.2) is 0 Å². The fraction of sp³-hybridized carbons (Fsp3) is 0.350. The van der Waals surface area contributed by atoms with Gasteiger partial charge in [0.1, 0.15) is 11.5 Å². The van der Waals surface area contributed by atoms with Crippen molar-refractivity contribution in [3.8, 4) is 11.5 Å². The largest absolute Gasteiger partial charge is 0.496 e. The van der Waals surface area contributed by atoms with Gasteiger partial charge in [-0.3, -0.25) is 4.79 Å². The molecule has 0 bridgehead atoms. The number of methoxy groups -OCH3 is 2. The van der Waals surface area contributed by atoms with Crippen molar-refractivity contribution in [1.82, 2.24) is 10.2 Å². The third kappa shape index (κ3) is 3.77. The zero-order chi connectivity index (χ0) is 17.6. The minimum Gasteiger partial charge on any atom is -0.496 e. The van der Waals surface area contributed by atoms with E-state index in [0.717, 1.165) is 35.7 Å². The number of rotatable bonds is 5. The summed E-state index contributed by atoms with van der Waals surface area (Å²) >= 11 is 0. The Morgan fingerprint density at radius 2 is 1.76 bits per heavy atom. The molecule has 5 nitrogen and oxygen atoms in total. The molecule has 0 aliphatic carbocycles. The van der Waals surface area contributed by atoms with Crippen molar-refractivity contribution in [3.63, 3.8) is 0 Å². The number of amides is 1. The zero-order valence-electron chi connectivity index (χ0n) is 14.7. The summed E-state index contributed by atoms with van der Waals surface area (Å²) in [6, 6.07) is 15.5. The molecule has 2 aromatic rings. The Labute approximate surface area is 148 Å². The molecule has 132 valence electrons. The van der Waals surface area contributed by atoms with E-state index in [1.807, 2.05) is 53.4 Å². The molecule has 2 aromatic carbocycles. The SMILES string of the molecule is COc1ccccc1CC(=O)N1CCNCC1c1ccccc1OC. The summed E-state index contributed by atoms with van der Waals surface area (Å²) in [6.07, 6.45) is 0.329. The smallest absolute Gasteiger partial charge is 0.227 e. The van der Waals surface area contributed by atoms with E-state index in [2.05, 4.69) is 5.32 Å². The first-order chi connectivity index (χ1) is 12.2. The maximum Gasteiger partial charge on any atom is 0.227 e. The fourth-order valence-electron chi connectivity index (χ4n) is 3.34. The van der Waals surface area contributed by atoms with Gasteiger partial charge in [-0.25, -0.2) is 0 Å². The van der Waals surface area contributed by atoms with E-state index in [-0.39, 0.29) is 11.9 Å². The van der Waals surface area contributed by atoms with Gasteiger partial charge in [0.05, 0.1) is 26.7 Å². The van der Waals surface area contributed by atoms with Gasteiger partial charge >= 0.3 is 0 Å². The molecule has 1 aliphatic rings. The van der Waals surface area contributed by atoms with E-state index in [0.29, 0.717) is 13.0 Å². The first-order valence-electron chi connectivity index (χ1n) is 8.49. The van der Waals surface area contributed by atoms with Crippen LogP contribution in [0.3, 0.4) is 0 Å². The summed E-state index contributed by atoms with van der Waals surface area (Å²) in [4.78, 5) is 15.0. The van der Waals surface area contributed by atoms with Crippen LogP contribution in [0.4, 0.5) is 0 Å². The first kappa shape index (κ1) is 17.3. The molecule has 25 heavy (non-hydrogen) atoms. The highest BCUT2D eigenvalue weighted by Crippen LogP contribution is 2.31. The number of ether oxygens (including phenoxy) is 2. The van der Waals surface area contributed by atoms with Crippen molar-refractivity contribution in [2.24, 2.45) is 0 Å². The molecular formula is C20H24N2O3. The maximum absolute atomic E-state index is 13.0. The lowest BCUT2D eigenvalue weighted by Crippen LogP contribution is -2.49. The number of hydrogen-bond donors (Lipinski definition) is 1. The molecule has 1 amide bonds. The zero-order valence-corrected chi connectivity index (χ0v) is 14.7. The Morgan fingerprint density at radius 1 is 1.08 bits per heavy atom. The van der Waals surface area contributed by atoms with Gasteiger partial charge in [0.2, 0.25) is 5.91 Å². The van der Waals surface area contributed by atoms with Gasteiger partial charge in [-0.05, 0) is 12.1 Å². The van der Waals surface area contributed by atoms with Gasteiger partial charge in [0.25, 0.3) is 0 Å². The van der Waals surface area contributed by atoms with Crippen LogP contribution in [0, 0.1) is 0 Å². The second kappa shape index (κ2) is 8.03. The molecule has 1 heterocycles. The highest BCUT2D eigenvalue weighted by molar-refractivity contribution is 5.80. The Kier molecular flexibility index (Phi) is 5.56. The van der Waals surface area contributed by atoms with Crippen LogP contribution >= 0.6 is 0 Å². The van der Waals surface area contributed by atoms with Crippen LogP contribution in [0.5, 0.6) is 11.5 Å². The highest BCUT2D eigenvalue weighted by atomic mass is 16.5. The minimum atomic E-state index is -0.0351. The Bertz CT molecular complexity index is 732. The molecule has 1 fully saturated rings. The second-order valence-electron chi connectivity index (χ2n) is 6.04. The lowest BCUT2D eigenvalue weighted by molar-refractivity contribution is -0.133. The van der Waals surface area contributed by atoms with Crippen LogP contribution in [0.2, 0.25) is 0 Å². The molecule has 0 radical (unpaired) electrons. The fourth-order valence-corrected chi connectivity index (χ4v) is 3.34. The second-order valence-corrected chi connectivity index (χ2v) is 6.04. The number of piperazine rings is 1. The van der Waals surface area contributed by atoms with Gasteiger partial charge in [0, 0.05) is 30.8 Å². The highest BCUT2D eigenvalue weighted by Gasteiger charge is 2.30. The topological polar surface area (TPSA) is 50.8 Å². The molecule has 1 aliphatic heterocycles. The van der Waals surface area contributed by atoms with E-state index < -0.39 is 0 Å². The molecule has 1 N–H and O–H groups in total.